The number of carboxylic acids is 1. The van der Waals surface area contributed by atoms with Crippen molar-refractivity contribution in [2.45, 2.75) is 42.9 Å². The molecule has 4 nitrogen and oxygen atoms in total. The number of benzene rings is 1. The van der Waals surface area contributed by atoms with Crippen molar-refractivity contribution in [2.24, 2.45) is 0 Å². The second-order valence-electron chi connectivity index (χ2n) is 5.13. The van der Waals surface area contributed by atoms with E-state index in [0.717, 1.165) is 0 Å². The number of aliphatic carboxylic acids is 1. The molecule has 0 spiro atoms. The first-order chi connectivity index (χ1) is 9.69. The Morgan fingerprint density at radius 2 is 1.86 bits per heavy atom. The molecule has 1 aromatic rings. The average Bonchev–Trinajstić information content (AvgIpc) is 2.36. The third-order valence-corrected chi connectivity index (χ3v) is 3.48. The fraction of sp³-hybridized carbons (Fsp3) is 0.429. The number of halogens is 2. The molecule has 21 heavy (non-hydrogen) atoms. The smallest absolute Gasteiger partial charge is 0.303 e. The monoisotopic (exact) mass is 317 g/mol. The number of carbonyl (C=O) groups is 2. The van der Waals surface area contributed by atoms with Crippen LogP contribution in [0.25, 0.3) is 0 Å². The van der Waals surface area contributed by atoms with Gasteiger partial charge in [0.1, 0.15) is 0 Å². The molecule has 0 saturated heterocycles. The molecule has 116 valence electrons. The van der Waals surface area contributed by atoms with E-state index in [1.807, 2.05) is 0 Å². The molecule has 1 amide bonds. The summed E-state index contributed by atoms with van der Waals surface area (Å²) in [7, 11) is 0. The van der Waals surface area contributed by atoms with Crippen molar-refractivity contribution >= 4 is 23.6 Å². The van der Waals surface area contributed by atoms with Crippen LogP contribution in [0.15, 0.2) is 29.2 Å². The summed E-state index contributed by atoms with van der Waals surface area (Å²) in [6.45, 7) is 3.46. The summed E-state index contributed by atoms with van der Waals surface area (Å²) in [5.74, 6) is -3.79. The van der Waals surface area contributed by atoms with Gasteiger partial charge >= 0.3 is 5.97 Å². The number of thioether (sulfide) groups is 1. The molecule has 0 saturated carbocycles. The lowest BCUT2D eigenvalue weighted by atomic mass is 9.98. The SMILES string of the molecule is CC(C)(CCC(=O)O)NC(=O)c1ccc(SC(F)F)cc1. The minimum Gasteiger partial charge on any atom is -0.481 e. The molecule has 0 aliphatic rings. The Morgan fingerprint density at radius 1 is 1.29 bits per heavy atom. The third kappa shape index (κ3) is 6.57. The zero-order valence-electron chi connectivity index (χ0n) is 11.7. The van der Waals surface area contributed by atoms with Crippen LogP contribution in [0.2, 0.25) is 0 Å². The molecule has 0 heterocycles. The highest BCUT2D eigenvalue weighted by atomic mass is 32.2. The quantitative estimate of drug-likeness (QED) is 0.757. The van der Waals surface area contributed by atoms with Gasteiger partial charge in [0.15, 0.2) is 0 Å². The maximum Gasteiger partial charge on any atom is 0.303 e. The zero-order chi connectivity index (χ0) is 16.0. The van der Waals surface area contributed by atoms with Gasteiger partial charge < -0.3 is 10.4 Å². The zero-order valence-corrected chi connectivity index (χ0v) is 12.5. The van der Waals surface area contributed by atoms with Crippen LogP contribution in [0, 0.1) is 0 Å². The van der Waals surface area contributed by atoms with Gasteiger partial charge in [0.2, 0.25) is 0 Å². The van der Waals surface area contributed by atoms with Crippen molar-refractivity contribution in [3.05, 3.63) is 29.8 Å². The van der Waals surface area contributed by atoms with E-state index in [2.05, 4.69) is 5.32 Å². The van der Waals surface area contributed by atoms with Gasteiger partial charge in [0, 0.05) is 22.4 Å². The van der Waals surface area contributed by atoms with E-state index in [1.54, 1.807) is 13.8 Å². The second kappa shape index (κ2) is 7.40. The number of alkyl halides is 2. The number of amides is 1. The molecular formula is C14H17F2NO3S. The second-order valence-corrected chi connectivity index (χ2v) is 6.20. The van der Waals surface area contributed by atoms with Crippen LogP contribution in [0.1, 0.15) is 37.0 Å². The molecule has 0 aliphatic carbocycles. The molecule has 7 heteroatoms. The summed E-state index contributed by atoms with van der Waals surface area (Å²) >= 11 is 0.413. The molecule has 2 N–H and O–H groups in total. The molecule has 0 aromatic heterocycles. The van der Waals surface area contributed by atoms with Crippen molar-refractivity contribution in [2.75, 3.05) is 0 Å². The molecule has 0 aliphatic heterocycles. The molecule has 1 rings (SSSR count). The molecular weight excluding hydrogens is 300 g/mol. The van der Waals surface area contributed by atoms with Crippen LogP contribution < -0.4 is 5.32 Å². The summed E-state index contributed by atoms with van der Waals surface area (Å²) in [6.07, 6.45) is 0.255. The highest BCUT2D eigenvalue weighted by molar-refractivity contribution is 7.99. The van der Waals surface area contributed by atoms with Gasteiger partial charge in [-0.3, -0.25) is 9.59 Å². The van der Waals surface area contributed by atoms with Crippen LogP contribution in [0.4, 0.5) is 8.78 Å². The van der Waals surface area contributed by atoms with Crippen molar-refractivity contribution < 1.29 is 23.5 Å². The van der Waals surface area contributed by atoms with Gasteiger partial charge in [-0.15, -0.1) is 0 Å². The maximum atomic E-state index is 12.2. The van der Waals surface area contributed by atoms with E-state index in [-0.39, 0.29) is 12.3 Å². The van der Waals surface area contributed by atoms with Gasteiger partial charge in [-0.1, -0.05) is 11.8 Å². The van der Waals surface area contributed by atoms with Gasteiger partial charge in [-0.05, 0) is 44.5 Å². The standard InChI is InChI=1S/C14H17F2NO3S/c1-14(2,8-7-11(18)19)17-12(20)9-3-5-10(6-4-9)21-13(15)16/h3-6,13H,7-8H2,1-2H3,(H,17,20)(H,18,19). The number of hydrogen-bond acceptors (Lipinski definition) is 3. The molecule has 1 aromatic carbocycles. The van der Waals surface area contributed by atoms with Crippen LogP contribution in [-0.2, 0) is 4.79 Å². The summed E-state index contributed by atoms with van der Waals surface area (Å²) in [4.78, 5) is 23.0. The Kier molecular flexibility index (Phi) is 6.14. The van der Waals surface area contributed by atoms with Crippen LogP contribution in [0.5, 0.6) is 0 Å². The summed E-state index contributed by atoms with van der Waals surface area (Å²) in [5.41, 5.74) is -0.316. The largest absolute Gasteiger partial charge is 0.481 e. The van der Waals surface area contributed by atoms with Crippen molar-refractivity contribution in [3.63, 3.8) is 0 Å². The van der Waals surface area contributed by atoms with E-state index < -0.39 is 17.3 Å². The molecule has 0 bridgehead atoms. The minimum absolute atomic E-state index is 0.0444. The van der Waals surface area contributed by atoms with Gasteiger partial charge in [0.05, 0.1) is 0 Å². The Morgan fingerprint density at radius 3 is 2.33 bits per heavy atom. The fourth-order valence-electron chi connectivity index (χ4n) is 1.65. The minimum atomic E-state index is -2.50. The number of rotatable bonds is 7. The van der Waals surface area contributed by atoms with Gasteiger partial charge in [-0.25, -0.2) is 0 Å². The Hall–Kier alpha value is -1.63. The topological polar surface area (TPSA) is 66.4 Å². The van der Waals surface area contributed by atoms with E-state index in [9.17, 15) is 18.4 Å². The van der Waals surface area contributed by atoms with E-state index >= 15 is 0 Å². The lowest BCUT2D eigenvalue weighted by molar-refractivity contribution is -0.137. The predicted molar refractivity (Wildman–Crippen MR) is 76.7 cm³/mol. The lowest BCUT2D eigenvalue weighted by Crippen LogP contribution is -2.43. The van der Waals surface area contributed by atoms with Crippen LogP contribution in [-0.4, -0.2) is 28.3 Å². The lowest BCUT2D eigenvalue weighted by Gasteiger charge is -2.25. The molecule has 0 fully saturated rings. The Bertz CT molecular complexity index is 503. The Balaban J connectivity index is 2.64. The highest BCUT2D eigenvalue weighted by Crippen LogP contribution is 2.25. The van der Waals surface area contributed by atoms with Crippen LogP contribution in [0.3, 0.4) is 0 Å². The van der Waals surface area contributed by atoms with Crippen LogP contribution >= 0.6 is 11.8 Å². The van der Waals surface area contributed by atoms with Crippen molar-refractivity contribution in [3.8, 4) is 0 Å². The first-order valence-electron chi connectivity index (χ1n) is 6.29. The summed E-state index contributed by atoms with van der Waals surface area (Å²) in [6, 6.07) is 5.84. The van der Waals surface area contributed by atoms with E-state index in [0.29, 0.717) is 28.6 Å². The summed E-state index contributed by atoms with van der Waals surface area (Å²) < 4.78 is 24.4. The first-order valence-corrected chi connectivity index (χ1v) is 7.17. The predicted octanol–water partition coefficient (Wildman–Crippen LogP) is 3.37. The maximum absolute atomic E-state index is 12.2. The highest BCUT2D eigenvalue weighted by Gasteiger charge is 2.22. The molecule has 0 atom stereocenters. The fourth-order valence-corrected chi connectivity index (χ4v) is 2.15. The van der Waals surface area contributed by atoms with Gasteiger partial charge in [0.25, 0.3) is 11.7 Å². The first kappa shape index (κ1) is 17.4. The number of hydrogen-bond donors (Lipinski definition) is 2. The van der Waals surface area contributed by atoms with Crippen molar-refractivity contribution in [1.29, 1.82) is 0 Å². The molecule has 0 unspecified atom stereocenters. The normalized spacial score (nSPS) is 11.5. The van der Waals surface area contributed by atoms with Crippen molar-refractivity contribution in [1.82, 2.24) is 5.32 Å². The average molecular weight is 317 g/mol. The summed E-state index contributed by atoms with van der Waals surface area (Å²) in [5, 5.41) is 11.4. The number of nitrogens with one attached hydrogen (secondary N) is 1. The van der Waals surface area contributed by atoms with Gasteiger partial charge in [-0.2, -0.15) is 8.78 Å². The third-order valence-electron chi connectivity index (χ3n) is 2.76. The Labute approximate surface area is 125 Å². The van der Waals surface area contributed by atoms with E-state index in [1.165, 1.54) is 24.3 Å². The number of carbonyl (C=O) groups excluding carboxylic acids is 1. The number of carboxylic acid groups (broad SMARTS) is 1. The van der Waals surface area contributed by atoms with E-state index in [4.69, 9.17) is 5.11 Å². The molecule has 0 radical (unpaired) electrons.